The summed E-state index contributed by atoms with van der Waals surface area (Å²) in [5, 5.41) is 8.59. The standard InChI is InChI=1S/C28H50O2/c1-2-3-4-5-6-7-8-9-10-11-12-13-14-15-16-17-18-19-20-21-22-23-24-25-26-27-28(29)30/h9-10,12-13,15-16H,2-8,11,14,17-27H2,1H3,(H,29,30). The van der Waals surface area contributed by atoms with Crippen LogP contribution in [0.25, 0.3) is 0 Å². The van der Waals surface area contributed by atoms with E-state index in [0.29, 0.717) is 6.42 Å². The van der Waals surface area contributed by atoms with Crippen LogP contribution >= 0.6 is 0 Å². The summed E-state index contributed by atoms with van der Waals surface area (Å²) in [7, 11) is 0. The smallest absolute Gasteiger partial charge is 0.303 e. The van der Waals surface area contributed by atoms with Crippen molar-refractivity contribution in [2.75, 3.05) is 0 Å². The first-order valence-corrected chi connectivity index (χ1v) is 12.9. The zero-order valence-electron chi connectivity index (χ0n) is 20.0. The van der Waals surface area contributed by atoms with Crippen molar-refractivity contribution in [3.63, 3.8) is 0 Å². The average molecular weight is 419 g/mol. The van der Waals surface area contributed by atoms with E-state index in [4.69, 9.17) is 5.11 Å². The quantitative estimate of drug-likeness (QED) is 0.132. The summed E-state index contributed by atoms with van der Waals surface area (Å²) in [6.45, 7) is 2.27. The zero-order chi connectivity index (χ0) is 22.0. The predicted molar refractivity (Wildman–Crippen MR) is 133 cm³/mol. The fourth-order valence-corrected chi connectivity index (χ4v) is 3.60. The number of rotatable bonds is 23. The Bertz CT molecular complexity index is 434. The van der Waals surface area contributed by atoms with Crippen LogP contribution in [0.4, 0.5) is 0 Å². The first-order chi connectivity index (χ1) is 14.8. The molecule has 2 nitrogen and oxygen atoms in total. The molecule has 0 aromatic carbocycles. The molecule has 0 unspecified atom stereocenters. The summed E-state index contributed by atoms with van der Waals surface area (Å²) in [5.41, 5.74) is 0. The van der Waals surface area contributed by atoms with Gasteiger partial charge in [0.1, 0.15) is 0 Å². The molecule has 0 saturated heterocycles. The molecule has 0 heterocycles. The van der Waals surface area contributed by atoms with E-state index in [1.165, 1.54) is 96.3 Å². The van der Waals surface area contributed by atoms with Crippen LogP contribution in [0.3, 0.4) is 0 Å². The summed E-state index contributed by atoms with van der Waals surface area (Å²) in [6, 6.07) is 0. The molecule has 0 aliphatic rings. The minimum atomic E-state index is -0.661. The molecule has 1 N–H and O–H groups in total. The third-order valence-electron chi connectivity index (χ3n) is 5.53. The Morgan fingerprint density at radius 3 is 1.33 bits per heavy atom. The van der Waals surface area contributed by atoms with Gasteiger partial charge in [0.15, 0.2) is 0 Å². The van der Waals surface area contributed by atoms with Gasteiger partial charge >= 0.3 is 5.97 Å². The Morgan fingerprint density at radius 1 is 0.533 bits per heavy atom. The number of hydrogen-bond donors (Lipinski definition) is 1. The number of unbranched alkanes of at least 4 members (excludes halogenated alkanes) is 15. The molecule has 0 saturated carbocycles. The van der Waals surface area contributed by atoms with Crippen molar-refractivity contribution in [1.29, 1.82) is 0 Å². The second-order valence-corrected chi connectivity index (χ2v) is 8.56. The summed E-state index contributed by atoms with van der Waals surface area (Å²) < 4.78 is 0. The SMILES string of the molecule is CCCCCCCCC=CCC=CCC=CCCCCCCCCCCCC(=O)O. The minimum absolute atomic E-state index is 0.333. The molecule has 0 aromatic rings. The highest BCUT2D eigenvalue weighted by atomic mass is 16.4. The monoisotopic (exact) mass is 418 g/mol. The van der Waals surface area contributed by atoms with E-state index < -0.39 is 5.97 Å². The molecule has 0 bridgehead atoms. The van der Waals surface area contributed by atoms with Crippen molar-refractivity contribution in [2.24, 2.45) is 0 Å². The molecule has 0 fully saturated rings. The van der Waals surface area contributed by atoms with Crippen LogP contribution in [0, 0.1) is 0 Å². The van der Waals surface area contributed by atoms with Crippen LogP contribution in [0.1, 0.15) is 135 Å². The summed E-state index contributed by atoms with van der Waals surface area (Å²) in [5.74, 6) is -0.661. The molecular weight excluding hydrogens is 368 g/mol. The molecular formula is C28H50O2. The van der Waals surface area contributed by atoms with Gasteiger partial charge in [0.2, 0.25) is 0 Å². The third kappa shape index (κ3) is 26.7. The largest absolute Gasteiger partial charge is 0.481 e. The maximum atomic E-state index is 10.4. The number of carbonyl (C=O) groups is 1. The molecule has 0 rings (SSSR count). The third-order valence-corrected chi connectivity index (χ3v) is 5.53. The molecule has 2 heteroatoms. The fourth-order valence-electron chi connectivity index (χ4n) is 3.60. The van der Waals surface area contributed by atoms with Crippen LogP contribution in [-0.4, -0.2) is 11.1 Å². The van der Waals surface area contributed by atoms with Gasteiger partial charge in [-0.25, -0.2) is 0 Å². The first-order valence-electron chi connectivity index (χ1n) is 12.9. The van der Waals surface area contributed by atoms with Crippen LogP contribution in [0.15, 0.2) is 36.5 Å². The molecule has 30 heavy (non-hydrogen) atoms. The van der Waals surface area contributed by atoms with E-state index in [-0.39, 0.29) is 0 Å². The van der Waals surface area contributed by atoms with Gasteiger partial charge in [0.05, 0.1) is 0 Å². The topological polar surface area (TPSA) is 37.3 Å². The number of carboxylic acid groups (broad SMARTS) is 1. The Labute approximate surface area is 187 Å². The average Bonchev–Trinajstić information content (AvgIpc) is 2.73. The van der Waals surface area contributed by atoms with E-state index in [1.807, 2.05) is 0 Å². The Kier molecular flexibility index (Phi) is 24.6. The highest BCUT2D eigenvalue weighted by Gasteiger charge is 1.96. The lowest BCUT2D eigenvalue weighted by Crippen LogP contribution is -1.93. The molecule has 0 radical (unpaired) electrons. The van der Waals surface area contributed by atoms with Crippen LogP contribution < -0.4 is 0 Å². The van der Waals surface area contributed by atoms with Gasteiger partial charge in [-0.05, 0) is 44.9 Å². The maximum absolute atomic E-state index is 10.4. The Hall–Kier alpha value is -1.31. The van der Waals surface area contributed by atoms with E-state index in [9.17, 15) is 4.79 Å². The van der Waals surface area contributed by atoms with Gasteiger partial charge in [-0.15, -0.1) is 0 Å². The second-order valence-electron chi connectivity index (χ2n) is 8.56. The van der Waals surface area contributed by atoms with Gasteiger partial charge in [-0.3, -0.25) is 4.79 Å². The van der Waals surface area contributed by atoms with E-state index in [1.54, 1.807) is 0 Å². The van der Waals surface area contributed by atoms with E-state index >= 15 is 0 Å². The molecule has 0 amide bonds. The number of aliphatic carboxylic acids is 1. The first kappa shape index (κ1) is 28.7. The molecule has 174 valence electrons. The van der Waals surface area contributed by atoms with Gasteiger partial charge in [-0.1, -0.05) is 120 Å². The highest BCUT2D eigenvalue weighted by molar-refractivity contribution is 5.66. The Balaban J connectivity index is 3.24. The fraction of sp³-hybridized carbons (Fsp3) is 0.750. The van der Waals surface area contributed by atoms with Crippen molar-refractivity contribution in [3.05, 3.63) is 36.5 Å². The van der Waals surface area contributed by atoms with E-state index in [2.05, 4.69) is 43.4 Å². The van der Waals surface area contributed by atoms with Gasteiger partial charge < -0.3 is 5.11 Å². The lowest BCUT2D eigenvalue weighted by molar-refractivity contribution is -0.137. The van der Waals surface area contributed by atoms with Crippen molar-refractivity contribution in [3.8, 4) is 0 Å². The zero-order valence-corrected chi connectivity index (χ0v) is 20.0. The van der Waals surface area contributed by atoms with Gasteiger partial charge in [-0.2, -0.15) is 0 Å². The number of hydrogen-bond acceptors (Lipinski definition) is 1. The second kappa shape index (κ2) is 25.7. The summed E-state index contributed by atoms with van der Waals surface area (Å²) >= 11 is 0. The molecule has 0 spiro atoms. The Morgan fingerprint density at radius 2 is 0.900 bits per heavy atom. The molecule has 0 aliphatic carbocycles. The summed E-state index contributed by atoms with van der Waals surface area (Å²) in [6.07, 6.45) is 38.1. The molecule has 0 atom stereocenters. The maximum Gasteiger partial charge on any atom is 0.303 e. The lowest BCUT2D eigenvalue weighted by Gasteiger charge is -2.01. The normalized spacial score (nSPS) is 12.0. The predicted octanol–water partition coefficient (Wildman–Crippen LogP) is 9.56. The van der Waals surface area contributed by atoms with Crippen molar-refractivity contribution >= 4 is 5.97 Å². The van der Waals surface area contributed by atoms with Crippen molar-refractivity contribution < 1.29 is 9.90 Å². The minimum Gasteiger partial charge on any atom is -0.481 e. The van der Waals surface area contributed by atoms with Gasteiger partial charge in [0, 0.05) is 6.42 Å². The highest BCUT2D eigenvalue weighted by Crippen LogP contribution is 2.12. The van der Waals surface area contributed by atoms with Gasteiger partial charge in [0.25, 0.3) is 0 Å². The van der Waals surface area contributed by atoms with Crippen LogP contribution in [0.2, 0.25) is 0 Å². The molecule has 0 aliphatic heterocycles. The summed E-state index contributed by atoms with van der Waals surface area (Å²) in [4.78, 5) is 10.4. The van der Waals surface area contributed by atoms with Crippen molar-refractivity contribution in [2.45, 2.75) is 135 Å². The van der Waals surface area contributed by atoms with Crippen LogP contribution in [0.5, 0.6) is 0 Å². The van der Waals surface area contributed by atoms with Crippen LogP contribution in [-0.2, 0) is 4.79 Å². The lowest BCUT2D eigenvalue weighted by atomic mass is 10.1. The van der Waals surface area contributed by atoms with Crippen molar-refractivity contribution in [1.82, 2.24) is 0 Å². The molecule has 0 aromatic heterocycles. The number of allylic oxidation sites excluding steroid dienone is 6. The number of carboxylic acids is 1. The van der Waals surface area contributed by atoms with E-state index in [0.717, 1.165) is 25.7 Å².